The first kappa shape index (κ1) is 12.7. The monoisotopic (exact) mass is 235 g/mol. The van der Waals surface area contributed by atoms with E-state index in [0.717, 1.165) is 18.2 Å². The molecule has 1 aliphatic rings. The number of rotatable bonds is 4. The molecule has 1 aromatic heterocycles. The van der Waals surface area contributed by atoms with E-state index in [0.29, 0.717) is 17.4 Å². The van der Waals surface area contributed by atoms with Gasteiger partial charge in [-0.05, 0) is 36.8 Å². The second-order valence-electron chi connectivity index (χ2n) is 6.59. The van der Waals surface area contributed by atoms with E-state index in [1.807, 2.05) is 0 Å². The fourth-order valence-corrected chi connectivity index (χ4v) is 1.97. The molecule has 0 amide bonds. The van der Waals surface area contributed by atoms with Crippen molar-refractivity contribution in [3.63, 3.8) is 0 Å². The van der Waals surface area contributed by atoms with Gasteiger partial charge in [0.05, 0.1) is 6.54 Å². The molecule has 96 valence electrons. The van der Waals surface area contributed by atoms with Gasteiger partial charge in [0, 0.05) is 12.0 Å². The van der Waals surface area contributed by atoms with E-state index in [9.17, 15) is 0 Å². The molecule has 2 nitrogen and oxygen atoms in total. The Labute approximate surface area is 105 Å². The zero-order chi connectivity index (χ0) is 12.6. The van der Waals surface area contributed by atoms with Crippen molar-refractivity contribution in [2.75, 3.05) is 0 Å². The summed E-state index contributed by atoms with van der Waals surface area (Å²) >= 11 is 0. The summed E-state index contributed by atoms with van der Waals surface area (Å²) in [5.41, 5.74) is 0.292. The molecule has 1 aromatic rings. The predicted octanol–water partition coefficient (Wildman–Crippen LogP) is 3.93. The zero-order valence-electron chi connectivity index (χ0n) is 11.7. The molecule has 0 radical (unpaired) electrons. The topological polar surface area (TPSA) is 25.2 Å². The van der Waals surface area contributed by atoms with Crippen LogP contribution in [-0.2, 0) is 6.54 Å². The SMILES string of the molecule is CC1CC1c1ccc(CNC(C)C(C)(C)C)o1. The van der Waals surface area contributed by atoms with Gasteiger partial charge in [-0.3, -0.25) is 0 Å². The van der Waals surface area contributed by atoms with Crippen molar-refractivity contribution in [2.45, 2.75) is 59.5 Å². The average molecular weight is 235 g/mol. The molecule has 0 bridgehead atoms. The molecule has 0 saturated heterocycles. The molecule has 2 rings (SSSR count). The van der Waals surface area contributed by atoms with Crippen molar-refractivity contribution in [1.29, 1.82) is 0 Å². The van der Waals surface area contributed by atoms with Gasteiger partial charge in [0.2, 0.25) is 0 Å². The van der Waals surface area contributed by atoms with Crippen LogP contribution in [-0.4, -0.2) is 6.04 Å². The van der Waals surface area contributed by atoms with Crippen molar-refractivity contribution < 1.29 is 4.42 Å². The van der Waals surface area contributed by atoms with Crippen LogP contribution < -0.4 is 5.32 Å². The molecule has 0 spiro atoms. The Kier molecular flexibility index (Phi) is 3.35. The van der Waals surface area contributed by atoms with Crippen LogP contribution in [0.1, 0.15) is 58.5 Å². The van der Waals surface area contributed by atoms with E-state index in [1.165, 1.54) is 12.2 Å². The highest BCUT2D eigenvalue weighted by atomic mass is 16.3. The van der Waals surface area contributed by atoms with Crippen LogP contribution in [0.25, 0.3) is 0 Å². The number of furan rings is 1. The Bertz CT molecular complexity index is 375. The van der Waals surface area contributed by atoms with Crippen LogP contribution in [0.15, 0.2) is 16.5 Å². The Balaban J connectivity index is 1.85. The van der Waals surface area contributed by atoms with Crippen molar-refractivity contribution in [3.8, 4) is 0 Å². The standard InChI is InChI=1S/C15H25NO/c1-10-8-13(10)14-7-6-12(17-14)9-16-11(2)15(3,4)5/h6-7,10-11,13,16H,8-9H2,1-5H3. The molecule has 3 unspecified atom stereocenters. The van der Waals surface area contributed by atoms with Crippen LogP contribution in [0.5, 0.6) is 0 Å². The third kappa shape index (κ3) is 3.12. The highest BCUT2D eigenvalue weighted by molar-refractivity contribution is 5.17. The fourth-order valence-electron chi connectivity index (χ4n) is 1.97. The molecule has 2 heteroatoms. The van der Waals surface area contributed by atoms with E-state index < -0.39 is 0 Å². The molecule has 1 heterocycles. The van der Waals surface area contributed by atoms with E-state index in [-0.39, 0.29) is 0 Å². The maximum Gasteiger partial charge on any atom is 0.117 e. The first-order valence-electron chi connectivity index (χ1n) is 6.70. The maximum absolute atomic E-state index is 5.88. The summed E-state index contributed by atoms with van der Waals surface area (Å²) in [6, 6.07) is 4.74. The quantitative estimate of drug-likeness (QED) is 0.855. The Morgan fingerprint density at radius 3 is 2.59 bits per heavy atom. The Hall–Kier alpha value is -0.760. The number of nitrogens with one attached hydrogen (secondary N) is 1. The smallest absolute Gasteiger partial charge is 0.117 e. The molecule has 17 heavy (non-hydrogen) atoms. The van der Waals surface area contributed by atoms with Crippen molar-refractivity contribution >= 4 is 0 Å². The molecular weight excluding hydrogens is 210 g/mol. The summed E-state index contributed by atoms with van der Waals surface area (Å²) in [6.07, 6.45) is 1.29. The number of hydrogen-bond donors (Lipinski definition) is 1. The number of hydrogen-bond acceptors (Lipinski definition) is 2. The average Bonchev–Trinajstić information content (AvgIpc) is 2.78. The summed E-state index contributed by atoms with van der Waals surface area (Å²) in [4.78, 5) is 0. The highest BCUT2D eigenvalue weighted by Gasteiger charge is 2.36. The molecule has 1 saturated carbocycles. The van der Waals surface area contributed by atoms with Crippen LogP contribution in [0, 0.1) is 11.3 Å². The molecule has 1 aliphatic carbocycles. The summed E-state index contributed by atoms with van der Waals surface area (Å²) < 4.78 is 5.88. The van der Waals surface area contributed by atoms with E-state index in [4.69, 9.17) is 4.42 Å². The highest BCUT2D eigenvalue weighted by Crippen LogP contribution is 2.47. The minimum absolute atomic E-state index is 0.292. The molecule has 0 aromatic carbocycles. The van der Waals surface area contributed by atoms with E-state index in [2.05, 4.69) is 52.1 Å². The predicted molar refractivity (Wildman–Crippen MR) is 71.0 cm³/mol. The summed E-state index contributed by atoms with van der Waals surface area (Å²) in [7, 11) is 0. The third-order valence-electron chi connectivity index (χ3n) is 4.04. The molecule has 1 fully saturated rings. The van der Waals surface area contributed by atoms with Gasteiger partial charge in [-0.1, -0.05) is 27.7 Å². The minimum atomic E-state index is 0.292. The van der Waals surface area contributed by atoms with Crippen molar-refractivity contribution in [2.24, 2.45) is 11.3 Å². The first-order chi connectivity index (χ1) is 7.88. The zero-order valence-corrected chi connectivity index (χ0v) is 11.7. The van der Waals surface area contributed by atoms with Gasteiger partial charge in [0.25, 0.3) is 0 Å². The lowest BCUT2D eigenvalue weighted by Gasteiger charge is -2.27. The van der Waals surface area contributed by atoms with Gasteiger partial charge in [-0.15, -0.1) is 0 Å². The van der Waals surface area contributed by atoms with E-state index >= 15 is 0 Å². The Morgan fingerprint density at radius 2 is 2.06 bits per heavy atom. The van der Waals surface area contributed by atoms with Gasteiger partial charge in [-0.2, -0.15) is 0 Å². The summed E-state index contributed by atoms with van der Waals surface area (Å²) in [5, 5.41) is 3.53. The van der Waals surface area contributed by atoms with Gasteiger partial charge in [0.1, 0.15) is 11.5 Å². The largest absolute Gasteiger partial charge is 0.464 e. The van der Waals surface area contributed by atoms with E-state index in [1.54, 1.807) is 0 Å². The maximum atomic E-state index is 5.88. The van der Waals surface area contributed by atoms with Crippen molar-refractivity contribution in [3.05, 3.63) is 23.7 Å². The summed E-state index contributed by atoms with van der Waals surface area (Å²) in [5.74, 6) is 3.74. The second-order valence-corrected chi connectivity index (χ2v) is 6.59. The summed E-state index contributed by atoms with van der Waals surface area (Å²) in [6.45, 7) is 12.1. The third-order valence-corrected chi connectivity index (χ3v) is 4.04. The Morgan fingerprint density at radius 1 is 1.41 bits per heavy atom. The lowest BCUT2D eigenvalue weighted by molar-refractivity contribution is 0.277. The van der Waals surface area contributed by atoms with Gasteiger partial charge >= 0.3 is 0 Å². The van der Waals surface area contributed by atoms with Crippen LogP contribution in [0.3, 0.4) is 0 Å². The minimum Gasteiger partial charge on any atom is -0.464 e. The fraction of sp³-hybridized carbons (Fsp3) is 0.733. The lowest BCUT2D eigenvalue weighted by Crippen LogP contribution is -2.37. The van der Waals surface area contributed by atoms with Crippen LogP contribution in [0.4, 0.5) is 0 Å². The second kappa shape index (κ2) is 4.49. The lowest BCUT2D eigenvalue weighted by atomic mass is 9.88. The molecular formula is C15H25NO. The van der Waals surface area contributed by atoms with Gasteiger partial charge in [-0.25, -0.2) is 0 Å². The first-order valence-corrected chi connectivity index (χ1v) is 6.70. The molecule has 1 N–H and O–H groups in total. The normalized spacial score (nSPS) is 25.9. The van der Waals surface area contributed by atoms with Gasteiger partial charge in [0.15, 0.2) is 0 Å². The molecule has 0 aliphatic heterocycles. The molecule has 3 atom stereocenters. The van der Waals surface area contributed by atoms with Gasteiger partial charge < -0.3 is 9.73 Å². The van der Waals surface area contributed by atoms with Crippen LogP contribution in [0.2, 0.25) is 0 Å². The van der Waals surface area contributed by atoms with Crippen molar-refractivity contribution in [1.82, 2.24) is 5.32 Å². The van der Waals surface area contributed by atoms with Crippen LogP contribution >= 0.6 is 0 Å².